The van der Waals surface area contributed by atoms with Crippen molar-refractivity contribution in [3.63, 3.8) is 0 Å². The normalized spacial score (nSPS) is 9.87. The van der Waals surface area contributed by atoms with Crippen molar-refractivity contribution >= 4 is 28.1 Å². The standard InChI is InChI=1S/2C12H19.C2H7Si.2ClH.Ti/c2*1-4-5-11-6-7-12(9-11)8-10(2)3;1-3-2;;;/h2*6-7,9-10H,4-5,8H2,1-3H3;3H,1-2H3;2*1H;/q2*-1;;;;+2/p-2. The summed E-state index contributed by atoms with van der Waals surface area (Å²) in [6.07, 6.45) is 7.43. The maximum atomic E-state index is 4.89. The second kappa shape index (κ2) is 22.4. The SMILES string of the molecule is CCCc1cc(CC(C)C)c[cH-]1.CCCc1cc(CC(C)C)c[cH-]1.C[SiH]C.[Cl][Ti][Cl]. The van der Waals surface area contributed by atoms with Crippen LogP contribution < -0.4 is 0 Å². The van der Waals surface area contributed by atoms with Gasteiger partial charge in [0.25, 0.3) is 0 Å². The molecule has 0 spiro atoms. The van der Waals surface area contributed by atoms with Gasteiger partial charge in [-0.15, -0.1) is 0 Å². The summed E-state index contributed by atoms with van der Waals surface area (Å²) in [6.45, 7) is 18.0. The Morgan fingerprint density at radius 2 is 1.10 bits per heavy atom. The van der Waals surface area contributed by atoms with Crippen molar-refractivity contribution in [1.82, 2.24) is 0 Å². The fourth-order valence-corrected chi connectivity index (χ4v) is 3.18. The summed E-state index contributed by atoms with van der Waals surface area (Å²) in [5.41, 5.74) is 6.03. The van der Waals surface area contributed by atoms with Gasteiger partial charge in [-0.2, -0.15) is 46.5 Å². The van der Waals surface area contributed by atoms with Gasteiger partial charge in [0.2, 0.25) is 0 Å². The van der Waals surface area contributed by atoms with E-state index in [4.69, 9.17) is 18.6 Å². The quantitative estimate of drug-likeness (QED) is 0.249. The minimum atomic E-state index is -0.556. The Morgan fingerprint density at radius 3 is 1.33 bits per heavy atom. The molecular formula is C26H45Cl2SiTi-2. The summed E-state index contributed by atoms with van der Waals surface area (Å²) < 4.78 is 0. The average molecular weight is 505 g/mol. The number of hydrogen-bond donors (Lipinski definition) is 0. The number of aryl methyl sites for hydroxylation is 2. The predicted octanol–water partition coefficient (Wildman–Crippen LogP) is 9.01. The van der Waals surface area contributed by atoms with Crippen LogP contribution in [0.2, 0.25) is 13.1 Å². The summed E-state index contributed by atoms with van der Waals surface area (Å²) in [6, 6.07) is 13.8. The van der Waals surface area contributed by atoms with E-state index in [1.54, 1.807) is 0 Å². The van der Waals surface area contributed by atoms with Gasteiger partial charge in [0.15, 0.2) is 0 Å². The van der Waals surface area contributed by atoms with Crippen molar-refractivity contribution in [2.75, 3.05) is 0 Å². The molecule has 2 aromatic carbocycles. The van der Waals surface area contributed by atoms with Gasteiger partial charge in [-0.25, -0.2) is 12.1 Å². The molecule has 0 atom stereocenters. The molecule has 0 aliphatic carbocycles. The Labute approximate surface area is 207 Å². The molecule has 1 radical (unpaired) electrons. The molecule has 0 nitrogen and oxygen atoms in total. The van der Waals surface area contributed by atoms with Crippen molar-refractivity contribution in [2.24, 2.45) is 11.8 Å². The number of hydrogen-bond acceptors (Lipinski definition) is 0. The van der Waals surface area contributed by atoms with Gasteiger partial charge in [-0.05, 0) is 0 Å². The van der Waals surface area contributed by atoms with E-state index in [1.165, 1.54) is 60.8 Å². The Kier molecular flexibility index (Phi) is 24.2. The van der Waals surface area contributed by atoms with Crippen molar-refractivity contribution < 1.29 is 17.0 Å². The molecule has 4 heteroatoms. The molecule has 0 amide bonds. The second-order valence-electron chi connectivity index (χ2n) is 8.60. The van der Waals surface area contributed by atoms with Crippen molar-refractivity contribution in [3.8, 4) is 0 Å². The maximum absolute atomic E-state index is 4.89. The van der Waals surface area contributed by atoms with E-state index in [0.29, 0.717) is 0 Å². The zero-order chi connectivity index (χ0) is 23.4. The predicted molar refractivity (Wildman–Crippen MR) is 140 cm³/mol. The molecule has 173 valence electrons. The van der Waals surface area contributed by atoms with Crippen molar-refractivity contribution in [2.45, 2.75) is 93.2 Å². The molecule has 2 aromatic rings. The first-order chi connectivity index (χ1) is 14.3. The Morgan fingerprint density at radius 1 is 0.800 bits per heavy atom. The van der Waals surface area contributed by atoms with Crippen molar-refractivity contribution in [1.29, 1.82) is 0 Å². The van der Waals surface area contributed by atoms with Gasteiger partial charge in [0.05, 0.1) is 0 Å². The molecule has 0 aromatic heterocycles. The van der Waals surface area contributed by atoms with Crippen LogP contribution in [0.15, 0.2) is 36.4 Å². The molecular weight excluding hydrogens is 459 g/mol. The average Bonchev–Trinajstić information content (AvgIpc) is 3.26. The summed E-state index contributed by atoms with van der Waals surface area (Å²) in [4.78, 5) is 0. The summed E-state index contributed by atoms with van der Waals surface area (Å²) in [7, 11) is 10.5. The van der Waals surface area contributed by atoms with E-state index < -0.39 is 17.0 Å². The third kappa shape index (κ3) is 20.1. The van der Waals surface area contributed by atoms with Crippen LogP contribution in [0.25, 0.3) is 0 Å². The van der Waals surface area contributed by atoms with Gasteiger partial charge in [0.1, 0.15) is 0 Å². The molecule has 0 unspecified atom stereocenters. The molecule has 0 N–H and O–H groups in total. The van der Waals surface area contributed by atoms with E-state index in [2.05, 4.69) is 91.0 Å². The van der Waals surface area contributed by atoms with Crippen molar-refractivity contribution in [3.05, 3.63) is 58.7 Å². The summed E-state index contributed by atoms with van der Waals surface area (Å²) >= 11 is -0.556. The molecule has 0 aliphatic heterocycles. The zero-order valence-electron chi connectivity index (χ0n) is 20.7. The van der Waals surface area contributed by atoms with Crippen LogP contribution in [0.3, 0.4) is 0 Å². The van der Waals surface area contributed by atoms with Crippen LogP contribution in [-0.2, 0) is 42.7 Å². The van der Waals surface area contributed by atoms with Crippen LogP contribution >= 0.6 is 18.6 Å². The van der Waals surface area contributed by atoms with E-state index in [0.717, 1.165) is 21.4 Å². The van der Waals surface area contributed by atoms with Crippen LogP contribution in [0, 0.1) is 11.8 Å². The topological polar surface area (TPSA) is 0 Å². The van der Waals surface area contributed by atoms with Crippen LogP contribution in [0.1, 0.15) is 76.6 Å². The molecule has 0 bridgehead atoms. The summed E-state index contributed by atoms with van der Waals surface area (Å²) in [5.74, 6) is 1.56. The molecule has 0 aliphatic rings. The molecule has 0 saturated heterocycles. The summed E-state index contributed by atoms with van der Waals surface area (Å²) in [5, 5.41) is 0. The molecule has 0 saturated carbocycles. The van der Waals surface area contributed by atoms with Crippen LogP contribution in [-0.4, -0.2) is 9.52 Å². The van der Waals surface area contributed by atoms with Gasteiger partial charge in [-0.3, -0.25) is 0 Å². The van der Waals surface area contributed by atoms with Gasteiger partial charge in [-0.1, -0.05) is 105 Å². The minimum absolute atomic E-state index is 0.556. The molecule has 2 rings (SSSR count). The number of rotatable bonds is 8. The van der Waals surface area contributed by atoms with E-state index in [1.807, 2.05) is 0 Å². The van der Waals surface area contributed by atoms with Crippen LogP contribution in [0.5, 0.6) is 0 Å². The van der Waals surface area contributed by atoms with Gasteiger partial charge >= 0.3 is 35.6 Å². The first-order valence-corrected chi connectivity index (χ1v) is 18.1. The van der Waals surface area contributed by atoms with Gasteiger partial charge < -0.3 is 0 Å². The fourth-order valence-electron chi connectivity index (χ4n) is 3.18. The third-order valence-corrected chi connectivity index (χ3v) is 4.13. The van der Waals surface area contributed by atoms with Crippen LogP contribution in [0.4, 0.5) is 0 Å². The molecule has 30 heavy (non-hydrogen) atoms. The monoisotopic (exact) mass is 503 g/mol. The Hall–Kier alpha value is 0.211. The van der Waals surface area contributed by atoms with E-state index >= 15 is 0 Å². The molecule has 0 heterocycles. The zero-order valence-corrected chi connectivity index (χ0v) is 24.9. The first-order valence-electron chi connectivity index (χ1n) is 11.5. The fraction of sp³-hybridized carbons (Fsp3) is 0.615. The van der Waals surface area contributed by atoms with E-state index in [-0.39, 0.29) is 0 Å². The first kappa shape index (κ1) is 32.4. The third-order valence-electron chi connectivity index (χ3n) is 4.13. The Bertz CT molecular complexity index is 535. The Balaban J connectivity index is 0. The molecule has 0 fully saturated rings. The van der Waals surface area contributed by atoms with Gasteiger partial charge in [0, 0.05) is 9.52 Å². The van der Waals surface area contributed by atoms with E-state index in [9.17, 15) is 0 Å². The second-order valence-corrected chi connectivity index (χ2v) is 12.3. The number of halogens is 2.